The maximum absolute atomic E-state index is 5.87. The van der Waals surface area contributed by atoms with Gasteiger partial charge in [-0.3, -0.25) is 4.98 Å². The molecule has 0 saturated heterocycles. The van der Waals surface area contributed by atoms with Gasteiger partial charge in [0.2, 0.25) is 0 Å². The number of nitrogens with zero attached hydrogens (tertiary/aromatic N) is 4. The molecule has 0 atom stereocenters. The normalized spacial score (nSPS) is 11.9. The zero-order valence-corrected chi connectivity index (χ0v) is 15.6. The number of pyridine rings is 1. The minimum absolute atomic E-state index is 0.279. The molecule has 0 aliphatic carbocycles. The van der Waals surface area contributed by atoms with E-state index in [-0.39, 0.29) is 5.84 Å². The molecule has 0 aliphatic rings. The number of benzene rings is 1. The summed E-state index contributed by atoms with van der Waals surface area (Å²) in [5, 5.41) is 8.07. The van der Waals surface area contributed by atoms with Gasteiger partial charge in [-0.2, -0.15) is 5.10 Å². The molecule has 2 N–H and O–H groups in total. The third-order valence-corrected chi connectivity index (χ3v) is 3.96. The van der Waals surface area contributed by atoms with Crippen molar-refractivity contribution < 1.29 is 0 Å². The first-order valence-corrected chi connectivity index (χ1v) is 8.98. The summed E-state index contributed by atoms with van der Waals surface area (Å²) >= 11 is 11.7. The van der Waals surface area contributed by atoms with E-state index in [0.717, 1.165) is 29.9 Å². The Balaban J connectivity index is 2.12. The van der Waals surface area contributed by atoms with Gasteiger partial charge < -0.3 is 10.6 Å². The molecule has 5 nitrogen and oxygen atoms in total. The van der Waals surface area contributed by atoms with Gasteiger partial charge in [-0.25, -0.2) is 0 Å². The number of hydrogen-bond donors (Lipinski definition) is 1. The lowest BCUT2D eigenvalue weighted by Crippen LogP contribution is -2.27. The van der Waals surface area contributed by atoms with Crippen molar-refractivity contribution in [3.63, 3.8) is 0 Å². The number of nitrogens with two attached hydrogens (primary N) is 1. The first kappa shape index (κ1) is 19.2. The fourth-order valence-corrected chi connectivity index (χ4v) is 2.70. The lowest BCUT2D eigenvalue weighted by atomic mass is 10.1. The molecule has 0 bridgehead atoms. The maximum Gasteiger partial charge on any atom is 0.171 e. The van der Waals surface area contributed by atoms with Crippen molar-refractivity contribution in [3.05, 3.63) is 59.4 Å². The van der Waals surface area contributed by atoms with Gasteiger partial charge >= 0.3 is 0 Å². The van der Waals surface area contributed by atoms with E-state index in [0.29, 0.717) is 17.5 Å². The Morgan fingerprint density at radius 2 is 1.96 bits per heavy atom. The van der Waals surface area contributed by atoms with E-state index in [1.54, 1.807) is 18.5 Å². The Morgan fingerprint density at radius 3 is 2.56 bits per heavy atom. The second-order valence-corrected chi connectivity index (χ2v) is 6.11. The Kier molecular flexibility index (Phi) is 7.70. The summed E-state index contributed by atoms with van der Waals surface area (Å²) in [4.78, 5) is 6.29. The van der Waals surface area contributed by atoms with Crippen LogP contribution in [0.4, 0.5) is 5.69 Å². The first-order chi connectivity index (χ1) is 12.2. The number of alkyl halides is 2. The van der Waals surface area contributed by atoms with E-state index in [9.17, 15) is 0 Å². The van der Waals surface area contributed by atoms with E-state index in [1.165, 1.54) is 0 Å². The van der Waals surface area contributed by atoms with Crippen LogP contribution in [-0.4, -0.2) is 41.9 Å². The van der Waals surface area contributed by atoms with Crippen molar-refractivity contribution in [1.29, 1.82) is 0 Å². The summed E-state index contributed by atoms with van der Waals surface area (Å²) in [7, 11) is 0. The topological polar surface area (TPSA) is 66.9 Å². The SMILES string of the molecule is Cc1cc(N(CCCl)CCCl)ccc1C=NN=C(N)c1ccccn1. The number of halogens is 2. The summed E-state index contributed by atoms with van der Waals surface area (Å²) < 4.78 is 0. The molecular formula is C18H21Cl2N5. The molecule has 0 radical (unpaired) electrons. The zero-order chi connectivity index (χ0) is 18.1. The first-order valence-electron chi connectivity index (χ1n) is 7.91. The Labute approximate surface area is 158 Å². The van der Waals surface area contributed by atoms with Crippen LogP contribution in [0.1, 0.15) is 16.8 Å². The predicted molar refractivity (Wildman–Crippen MR) is 107 cm³/mol. The monoisotopic (exact) mass is 377 g/mol. The maximum atomic E-state index is 5.87. The molecule has 0 fully saturated rings. The van der Waals surface area contributed by atoms with E-state index in [2.05, 4.69) is 26.2 Å². The lowest BCUT2D eigenvalue weighted by molar-refractivity contribution is 0.873. The predicted octanol–water partition coefficient (Wildman–Crippen LogP) is 3.41. The fourth-order valence-electron chi connectivity index (χ4n) is 2.29. The second-order valence-electron chi connectivity index (χ2n) is 5.35. The molecule has 0 amide bonds. The molecule has 25 heavy (non-hydrogen) atoms. The quantitative estimate of drug-likeness (QED) is 0.331. The highest BCUT2D eigenvalue weighted by Crippen LogP contribution is 2.18. The summed E-state index contributed by atoms with van der Waals surface area (Å²) in [6.07, 6.45) is 3.35. The van der Waals surface area contributed by atoms with E-state index < -0.39 is 0 Å². The van der Waals surface area contributed by atoms with E-state index in [1.807, 2.05) is 31.2 Å². The Hall–Kier alpha value is -2.11. The average Bonchev–Trinajstić information content (AvgIpc) is 2.63. The third-order valence-electron chi connectivity index (χ3n) is 3.62. The number of rotatable bonds is 8. The molecule has 1 aromatic heterocycles. The minimum atomic E-state index is 0.279. The standard InChI is InChI=1S/C18H21Cl2N5/c1-14-12-16(25(10-7-19)11-8-20)6-5-15(14)13-23-24-18(21)17-4-2-3-9-22-17/h2-6,9,12-13H,7-8,10-11H2,1H3,(H2,21,24). The number of aryl methyl sites for hydroxylation is 1. The minimum Gasteiger partial charge on any atom is -0.380 e. The van der Waals surface area contributed by atoms with Crippen molar-refractivity contribution in [2.24, 2.45) is 15.9 Å². The highest BCUT2D eigenvalue weighted by molar-refractivity contribution is 6.18. The van der Waals surface area contributed by atoms with Gasteiger partial charge in [0.15, 0.2) is 5.84 Å². The molecule has 2 rings (SSSR count). The van der Waals surface area contributed by atoms with Crippen molar-refractivity contribution in [1.82, 2.24) is 4.98 Å². The number of hydrogen-bond acceptors (Lipinski definition) is 4. The van der Waals surface area contributed by atoms with Crippen LogP contribution < -0.4 is 10.6 Å². The van der Waals surface area contributed by atoms with Crippen LogP contribution in [0, 0.1) is 6.92 Å². The number of aromatic nitrogens is 1. The van der Waals surface area contributed by atoms with Gasteiger partial charge in [0.1, 0.15) is 5.69 Å². The van der Waals surface area contributed by atoms with E-state index >= 15 is 0 Å². The smallest absolute Gasteiger partial charge is 0.171 e. The molecule has 0 saturated carbocycles. The molecular weight excluding hydrogens is 357 g/mol. The van der Waals surface area contributed by atoms with Crippen molar-refractivity contribution >= 4 is 40.9 Å². The van der Waals surface area contributed by atoms with Crippen LogP contribution in [0.3, 0.4) is 0 Å². The highest BCUT2D eigenvalue weighted by Gasteiger charge is 2.07. The number of anilines is 1. The highest BCUT2D eigenvalue weighted by atomic mass is 35.5. The number of amidine groups is 1. The molecule has 1 aromatic carbocycles. The van der Waals surface area contributed by atoms with Crippen LogP contribution >= 0.6 is 23.2 Å². The molecule has 0 aliphatic heterocycles. The van der Waals surface area contributed by atoms with Crippen LogP contribution in [0.15, 0.2) is 52.8 Å². The van der Waals surface area contributed by atoms with Gasteiger partial charge in [0.25, 0.3) is 0 Å². The second kappa shape index (κ2) is 10.0. The molecule has 2 aromatic rings. The molecule has 7 heteroatoms. The molecule has 132 valence electrons. The van der Waals surface area contributed by atoms with Gasteiger partial charge in [0.05, 0.1) is 6.21 Å². The Bertz CT molecular complexity index is 726. The summed E-state index contributed by atoms with van der Waals surface area (Å²) in [5.41, 5.74) is 9.62. The fraction of sp³-hybridized carbons (Fsp3) is 0.278. The van der Waals surface area contributed by atoms with Gasteiger partial charge in [-0.1, -0.05) is 12.1 Å². The summed E-state index contributed by atoms with van der Waals surface area (Å²) in [6.45, 7) is 3.54. The average molecular weight is 378 g/mol. The van der Waals surface area contributed by atoms with Crippen molar-refractivity contribution in [2.45, 2.75) is 6.92 Å². The van der Waals surface area contributed by atoms with Crippen LogP contribution in [0.5, 0.6) is 0 Å². The largest absolute Gasteiger partial charge is 0.380 e. The van der Waals surface area contributed by atoms with Gasteiger partial charge in [0, 0.05) is 36.7 Å². The summed E-state index contributed by atoms with van der Waals surface area (Å²) in [5.74, 6) is 1.39. The lowest BCUT2D eigenvalue weighted by Gasteiger charge is -2.23. The van der Waals surface area contributed by atoms with Gasteiger partial charge in [-0.15, -0.1) is 28.3 Å². The molecule has 0 spiro atoms. The molecule has 0 unspecified atom stereocenters. The van der Waals surface area contributed by atoms with Crippen LogP contribution in [-0.2, 0) is 0 Å². The van der Waals surface area contributed by atoms with E-state index in [4.69, 9.17) is 28.9 Å². The van der Waals surface area contributed by atoms with Crippen LogP contribution in [0.2, 0.25) is 0 Å². The Morgan fingerprint density at radius 1 is 1.20 bits per heavy atom. The molecule has 1 heterocycles. The zero-order valence-electron chi connectivity index (χ0n) is 14.1. The van der Waals surface area contributed by atoms with Crippen LogP contribution in [0.25, 0.3) is 0 Å². The van der Waals surface area contributed by atoms with Crippen molar-refractivity contribution in [2.75, 3.05) is 29.7 Å². The summed E-state index contributed by atoms with van der Waals surface area (Å²) in [6, 6.07) is 11.6. The van der Waals surface area contributed by atoms with Crippen molar-refractivity contribution in [3.8, 4) is 0 Å². The third kappa shape index (κ3) is 5.73. The van der Waals surface area contributed by atoms with Gasteiger partial charge in [-0.05, 0) is 42.3 Å².